The highest BCUT2D eigenvalue weighted by Crippen LogP contribution is 2.28. The van der Waals surface area contributed by atoms with E-state index in [0.29, 0.717) is 28.0 Å². The van der Waals surface area contributed by atoms with Gasteiger partial charge in [-0.25, -0.2) is 4.68 Å². The molecule has 2 amide bonds. The number of amides is 2. The first-order chi connectivity index (χ1) is 17.7. The van der Waals surface area contributed by atoms with Gasteiger partial charge >= 0.3 is 0 Å². The van der Waals surface area contributed by atoms with Crippen molar-refractivity contribution in [3.05, 3.63) is 47.9 Å². The highest BCUT2D eigenvalue weighted by atomic mass is 16.5. The monoisotopic (exact) mass is 503 g/mol. The molecule has 14 heteroatoms. The van der Waals surface area contributed by atoms with Crippen LogP contribution in [0.4, 0.5) is 17.3 Å². The first-order valence-electron chi connectivity index (χ1n) is 11.1. The predicted molar refractivity (Wildman–Crippen MR) is 128 cm³/mol. The van der Waals surface area contributed by atoms with Gasteiger partial charge in [0.1, 0.15) is 6.07 Å². The molecule has 4 aromatic rings. The molecule has 1 saturated heterocycles. The lowest BCUT2D eigenvalue weighted by molar-refractivity contribution is -0.165. The van der Waals surface area contributed by atoms with Crippen molar-refractivity contribution in [2.45, 2.75) is 25.6 Å². The average molecular weight is 503 g/mol. The first kappa shape index (κ1) is 23.9. The zero-order valence-electron chi connectivity index (χ0n) is 19.7. The number of nitrogen functional groups attached to an aromatic ring is 1. The van der Waals surface area contributed by atoms with Crippen molar-refractivity contribution in [3.63, 3.8) is 0 Å². The number of hydrogen-bond acceptors (Lipinski definition) is 11. The number of nitrogens with zero attached hydrogens (tertiary/aromatic N) is 7. The maximum Gasteiger partial charge on any atom is 0.260 e. The Morgan fingerprint density at radius 1 is 1.35 bits per heavy atom. The van der Waals surface area contributed by atoms with Gasteiger partial charge in [0.05, 0.1) is 30.4 Å². The third-order valence-electron chi connectivity index (χ3n) is 5.97. The molecule has 3 aromatic heterocycles. The molecule has 14 nitrogen and oxygen atoms in total. The summed E-state index contributed by atoms with van der Waals surface area (Å²) >= 11 is 0. The van der Waals surface area contributed by atoms with Crippen LogP contribution in [0, 0.1) is 18.3 Å². The van der Waals surface area contributed by atoms with Gasteiger partial charge in [0.25, 0.3) is 11.8 Å². The number of aromatic nitrogens is 5. The Labute approximate surface area is 209 Å². The van der Waals surface area contributed by atoms with Gasteiger partial charge in [0.2, 0.25) is 0 Å². The second-order valence-electron chi connectivity index (χ2n) is 8.59. The Morgan fingerprint density at radius 2 is 2.16 bits per heavy atom. The van der Waals surface area contributed by atoms with Gasteiger partial charge in [-0.2, -0.15) is 10.4 Å². The van der Waals surface area contributed by atoms with Crippen molar-refractivity contribution >= 4 is 40.1 Å². The van der Waals surface area contributed by atoms with E-state index in [1.54, 1.807) is 25.1 Å². The van der Waals surface area contributed by atoms with Gasteiger partial charge in [-0.3, -0.25) is 14.5 Å². The number of aliphatic hydroxyl groups is 1. The van der Waals surface area contributed by atoms with Crippen LogP contribution in [0.5, 0.6) is 0 Å². The summed E-state index contributed by atoms with van der Waals surface area (Å²) in [6.07, 6.45) is -0.0575. The number of aryl methyl sites for hydroxylation is 1. The number of ether oxygens (including phenoxy) is 1. The molecule has 4 N–H and O–H groups in total. The van der Waals surface area contributed by atoms with E-state index >= 15 is 0 Å². The topological polar surface area (TPSA) is 198 Å². The summed E-state index contributed by atoms with van der Waals surface area (Å²) in [5.74, 6) is -0.992. The summed E-state index contributed by atoms with van der Waals surface area (Å²) < 4.78 is 12.2. The Bertz CT molecular complexity index is 1570. The lowest BCUT2D eigenvalue weighted by Gasteiger charge is -2.37. The molecule has 37 heavy (non-hydrogen) atoms. The van der Waals surface area contributed by atoms with Crippen molar-refractivity contribution in [2.75, 3.05) is 29.1 Å². The number of benzene rings is 1. The zero-order valence-corrected chi connectivity index (χ0v) is 19.7. The van der Waals surface area contributed by atoms with Crippen LogP contribution in [0.2, 0.25) is 0 Å². The second-order valence-corrected chi connectivity index (χ2v) is 8.59. The average Bonchev–Trinajstić information content (AvgIpc) is 3.46. The number of anilines is 3. The molecule has 1 aliphatic rings. The Kier molecular flexibility index (Phi) is 5.78. The van der Waals surface area contributed by atoms with Crippen molar-refractivity contribution in [1.82, 2.24) is 25.1 Å². The summed E-state index contributed by atoms with van der Waals surface area (Å²) in [6, 6.07) is 9.79. The number of morpholine rings is 1. The summed E-state index contributed by atoms with van der Waals surface area (Å²) in [7, 11) is 0. The molecule has 188 valence electrons. The Balaban J connectivity index is 1.37. The molecule has 1 aromatic carbocycles. The largest absolute Gasteiger partial charge is 0.380 e. The van der Waals surface area contributed by atoms with Crippen LogP contribution in [-0.2, 0) is 14.3 Å². The lowest BCUT2D eigenvalue weighted by atomic mass is 9.95. The van der Waals surface area contributed by atoms with Gasteiger partial charge in [-0.1, -0.05) is 5.16 Å². The van der Waals surface area contributed by atoms with Crippen LogP contribution < -0.4 is 16.0 Å². The molecule has 0 aliphatic carbocycles. The van der Waals surface area contributed by atoms with E-state index < -0.39 is 23.5 Å². The van der Waals surface area contributed by atoms with E-state index in [9.17, 15) is 14.7 Å². The molecule has 0 spiro atoms. The maximum absolute atomic E-state index is 13.4. The fraction of sp³-hybridized carbons (Fsp3) is 0.261. The number of nitrogens with one attached hydrogen (secondary N) is 1. The van der Waals surface area contributed by atoms with Gasteiger partial charge in [0, 0.05) is 29.6 Å². The summed E-state index contributed by atoms with van der Waals surface area (Å²) in [5.41, 5.74) is 5.42. The van der Waals surface area contributed by atoms with Crippen LogP contribution in [0.15, 0.2) is 41.1 Å². The van der Waals surface area contributed by atoms with Crippen LogP contribution >= 0.6 is 0 Å². The molecular weight excluding hydrogens is 482 g/mol. The number of rotatable bonds is 5. The number of carbonyl (C=O) groups is 2. The van der Waals surface area contributed by atoms with E-state index in [0.717, 1.165) is 0 Å². The molecule has 4 heterocycles. The van der Waals surface area contributed by atoms with Gasteiger partial charge < -0.3 is 25.4 Å². The highest BCUT2D eigenvalue weighted by molar-refractivity contribution is 6.06. The quantitative estimate of drug-likeness (QED) is 0.346. The van der Waals surface area contributed by atoms with E-state index in [1.807, 2.05) is 6.07 Å². The van der Waals surface area contributed by atoms with Crippen molar-refractivity contribution in [1.29, 1.82) is 5.26 Å². The Morgan fingerprint density at radius 3 is 2.95 bits per heavy atom. The van der Waals surface area contributed by atoms with Crippen molar-refractivity contribution < 1.29 is 24.0 Å². The van der Waals surface area contributed by atoms with E-state index in [-0.39, 0.29) is 30.5 Å². The van der Waals surface area contributed by atoms with Crippen molar-refractivity contribution in [3.8, 4) is 11.8 Å². The first-order valence-corrected chi connectivity index (χ1v) is 11.1. The van der Waals surface area contributed by atoms with E-state index in [2.05, 4.69) is 25.8 Å². The number of fused-ring (bicyclic) bond motifs is 1. The summed E-state index contributed by atoms with van der Waals surface area (Å²) in [6.45, 7) is 3.19. The fourth-order valence-electron chi connectivity index (χ4n) is 4.00. The molecule has 5 rings (SSSR count). The third kappa shape index (κ3) is 4.22. The van der Waals surface area contributed by atoms with Crippen LogP contribution in [0.3, 0.4) is 0 Å². The fourth-order valence-corrected chi connectivity index (χ4v) is 4.00. The van der Waals surface area contributed by atoms with E-state index in [4.69, 9.17) is 20.3 Å². The zero-order chi connectivity index (χ0) is 26.3. The lowest BCUT2D eigenvalue weighted by Crippen LogP contribution is -2.61. The van der Waals surface area contributed by atoms with Gasteiger partial charge in [0.15, 0.2) is 34.6 Å². The third-order valence-corrected chi connectivity index (χ3v) is 5.97. The summed E-state index contributed by atoms with van der Waals surface area (Å²) in [5, 5.41) is 39.0. The maximum atomic E-state index is 13.4. The molecule has 2 unspecified atom stereocenters. The van der Waals surface area contributed by atoms with Gasteiger partial charge in [-0.15, -0.1) is 10.2 Å². The second kappa shape index (κ2) is 8.97. The molecule has 2 atom stereocenters. The van der Waals surface area contributed by atoms with Gasteiger partial charge in [-0.05, 0) is 26.0 Å². The Hall–Kier alpha value is -4.87. The molecule has 1 fully saturated rings. The molecule has 0 saturated carbocycles. The standard InChI is InChI=1S/C23H21N9O5/c1-12-7-18(29-32(12)15-8-14(10-24)28-26-11-15)31-5-6-36-19(21(31)33)23(2,35)22(34)27-13-3-4-16-17(9-13)37-30-20(16)25/h3-4,7-9,11,19,35H,5-6H2,1-2H3,(H2,25,30)(H,27,34). The minimum Gasteiger partial charge on any atom is -0.380 e. The number of nitrogens with two attached hydrogens (primary N) is 1. The minimum absolute atomic E-state index is 0.0600. The number of nitriles is 1. The van der Waals surface area contributed by atoms with Crippen molar-refractivity contribution in [2.24, 2.45) is 0 Å². The summed E-state index contributed by atoms with van der Waals surface area (Å²) in [4.78, 5) is 27.7. The normalized spacial score (nSPS) is 17.4. The molecular formula is C23H21N9O5. The molecule has 0 radical (unpaired) electrons. The molecule has 1 aliphatic heterocycles. The van der Waals surface area contributed by atoms with Crippen LogP contribution in [0.25, 0.3) is 16.7 Å². The van der Waals surface area contributed by atoms with Crippen LogP contribution in [0.1, 0.15) is 18.3 Å². The smallest absolute Gasteiger partial charge is 0.260 e. The van der Waals surface area contributed by atoms with Crippen LogP contribution in [-0.4, -0.2) is 66.9 Å². The predicted octanol–water partition coefficient (Wildman–Crippen LogP) is 0.687. The van der Waals surface area contributed by atoms with E-state index in [1.165, 1.54) is 34.8 Å². The number of hydrogen-bond donors (Lipinski definition) is 3. The SMILES string of the molecule is Cc1cc(N2CCOC(C(C)(O)C(=O)Nc3ccc4c(N)noc4c3)C2=O)nn1-c1cnnc(C#N)c1. The molecule has 0 bridgehead atoms. The minimum atomic E-state index is -2.22. The number of carbonyl (C=O) groups excluding carboxylic acids is 2. The highest BCUT2D eigenvalue weighted by Gasteiger charge is 2.49.